The lowest BCUT2D eigenvalue weighted by Gasteiger charge is -2.08. The Morgan fingerprint density at radius 1 is 0.840 bits per heavy atom. The quantitative estimate of drug-likeness (QED) is 0.688. The van der Waals surface area contributed by atoms with Gasteiger partial charge in [0.15, 0.2) is 0 Å². The van der Waals surface area contributed by atoms with Gasteiger partial charge in [0.1, 0.15) is 0 Å². The summed E-state index contributed by atoms with van der Waals surface area (Å²) >= 11 is 17.6. The van der Waals surface area contributed by atoms with E-state index in [-0.39, 0.29) is 16.8 Å². The fourth-order valence-corrected chi connectivity index (χ4v) is 2.76. The summed E-state index contributed by atoms with van der Waals surface area (Å²) in [6.45, 7) is 0.654. The fraction of sp³-hybridized carbons (Fsp3) is 0.222. The largest absolute Gasteiger partial charge is 0.354 e. The van der Waals surface area contributed by atoms with Crippen LogP contribution < -0.4 is 10.6 Å². The normalized spacial score (nSPS) is 10.4. The van der Waals surface area contributed by atoms with E-state index < -0.39 is 0 Å². The highest BCUT2D eigenvalue weighted by atomic mass is 35.5. The van der Waals surface area contributed by atoms with Crippen LogP contribution in [0.4, 0.5) is 0 Å². The van der Waals surface area contributed by atoms with Crippen molar-refractivity contribution in [2.45, 2.75) is 12.8 Å². The molecule has 0 aliphatic carbocycles. The van der Waals surface area contributed by atoms with E-state index in [1.165, 1.54) is 6.07 Å². The second-order valence-electron chi connectivity index (χ2n) is 5.36. The number of halogens is 3. The zero-order valence-electron chi connectivity index (χ0n) is 13.3. The van der Waals surface area contributed by atoms with Crippen LogP contribution >= 0.6 is 34.8 Å². The standard InChI is InChI=1S/C18H17Cl3N2O2/c19-13-4-1-12(2-5-13)3-8-17(24)22-9-10-23-18(25)15-7-6-14(20)11-16(15)21/h1-2,4-7,11H,3,8-10H2,(H,22,24)(H,23,25). The molecule has 0 bridgehead atoms. The lowest BCUT2D eigenvalue weighted by Crippen LogP contribution is -2.34. The summed E-state index contributed by atoms with van der Waals surface area (Å²) in [4.78, 5) is 23.8. The molecule has 132 valence electrons. The summed E-state index contributed by atoms with van der Waals surface area (Å²) in [6.07, 6.45) is 1.01. The van der Waals surface area contributed by atoms with Crippen molar-refractivity contribution in [3.8, 4) is 0 Å². The molecule has 0 aliphatic heterocycles. The molecule has 0 radical (unpaired) electrons. The van der Waals surface area contributed by atoms with Crippen molar-refractivity contribution >= 4 is 46.6 Å². The molecule has 0 aromatic heterocycles. The summed E-state index contributed by atoms with van der Waals surface area (Å²) in [5.41, 5.74) is 1.39. The molecule has 2 N–H and O–H groups in total. The Morgan fingerprint density at radius 2 is 1.48 bits per heavy atom. The number of hydrogen-bond donors (Lipinski definition) is 2. The Labute approximate surface area is 161 Å². The summed E-state index contributed by atoms with van der Waals surface area (Å²) in [7, 11) is 0. The summed E-state index contributed by atoms with van der Waals surface area (Å²) in [5, 5.41) is 6.89. The van der Waals surface area contributed by atoms with Crippen molar-refractivity contribution in [3.63, 3.8) is 0 Å². The Morgan fingerprint density at radius 3 is 2.16 bits per heavy atom. The van der Waals surface area contributed by atoms with E-state index in [0.717, 1.165) is 5.56 Å². The van der Waals surface area contributed by atoms with Crippen molar-refractivity contribution in [2.75, 3.05) is 13.1 Å². The van der Waals surface area contributed by atoms with Gasteiger partial charge in [0.05, 0.1) is 10.6 Å². The molecule has 0 unspecified atom stereocenters. The molecule has 0 atom stereocenters. The summed E-state index contributed by atoms with van der Waals surface area (Å²) in [5.74, 6) is -0.384. The summed E-state index contributed by atoms with van der Waals surface area (Å²) in [6, 6.07) is 12.1. The van der Waals surface area contributed by atoms with Gasteiger partial charge in [0.2, 0.25) is 5.91 Å². The molecule has 2 aromatic carbocycles. The van der Waals surface area contributed by atoms with Gasteiger partial charge in [-0.05, 0) is 42.3 Å². The van der Waals surface area contributed by atoms with E-state index in [2.05, 4.69) is 10.6 Å². The van der Waals surface area contributed by atoms with Gasteiger partial charge in [-0.1, -0.05) is 46.9 Å². The molecule has 2 rings (SSSR count). The highest BCUT2D eigenvalue weighted by molar-refractivity contribution is 6.36. The maximum atomic E-state index is 12.0. The Balaban J connectivity index is 1.67. The monoisotopic (exact) mass is 398 g/mol. The number of aryl methyl sites for hydroxylation is 1. The number of benzene rings is 2. The lowest BCUT2D eigenvalue weighted by atomic mass is 10.1. The fourth-order valence-electron chi connectivity index (χ4n) is 2.14. The van der Waals surface area contributed by atoms with Crippen molar-refractivity contribution in [3.05, 3.63) is 68.7 Å². The third-order valence-corrected chi connectivity index (χ3v) is 4.26. The van der Waals surface area contributed by atoms with E-state index in [1.807, 2.05) is 12.1 Å². The molecule has 2 aromatic rings. The van der Waals surface area contributed by atoms with Gasteiger partial charge in [0, 0.05) is 29.6 Å². The number of rotatable bonds is 7. The first-order valence-electron chi connectivity index (χ1n) is 7.70. The first kappa shape index (κ1) is 19.6. The summed E-state index contributed by atoms with van der Waals surface area (Å²) < 4.78 is 0. The van der Waals surface area contributed by atoms with Crippen LogP contribution in [0.3, 0.4) is 0 Å². The van der Waals surface area contributed by atoms with Crippen LogP contribution in [0.1, 0.15) is 22.3 Å². The van der Waals surface area contributed by atoms with E-state index in [4.69, 9.17) is 34.8 Å². The molecule has 0 saturated heterocycles. The number of carbonyl (C=O) groups excluding carboxylic acids is 2. The predicted molar refractivity (Wildman–Crippen MR) is 102 cm³/mol. The van der Waals surface area contributed by atoms with Crippen LogP contribution in [0.5, 0.6) is 0 Å². The third kappa shape index (κ3) is 6.58. The van der Waals surface area contributed by atoms with Gasteiger partial charge in [-0.25, -0.2) is 0 Å². The van der Waals surface area contributed by atoms with Crippen LogP contribution in [0.15, 0.2) is 42.5 Å². The molecule has 2 amide bonds. The number of hydrogen-bond acceptors (Lipinski definition) is 2. The zero-order chi connectivity index (χ0) is 18.2. The molecule has 7 heteroatoms. The van der Waals surface area contributed by atoms with Crippen molar-refractivity contribution < 1.29 is 9.59 Å². The van der Waals surface area contributed by atoms with Crippen LogP contribution in [0, 0.1) is 0 Å². The molecule has 0 spiro atoms. The van der Waals surface area contributed by atoms with E-state index in [1.54, 1.807) is 24.3 Å². The van der Waals surface area contributed by atoms with Crippen molar-refractivity contribution in [2.24, 2.45) is 0 Å². The van der Waals surface area contributed by atoms with Gasteiger partial charge in [-0.3, -0.25) is 9.59 Å². The van der Waals surface area contributed by atoms with E-state index in [0.29, 0.717) is 41.5 Å². The van der Waals surface area contributed by atoms with E-state index >= 15 is 0 Å². The van der Waals surface area contributed by atoms with E-state index in [9.17, 15) is 9.59 Å². The first-order chi connectivity index (χ1) is 12.0. The van der Waals surface area contributed by atoms with Gasteiger partial charge in [0.25, 0.3) is 5.91 Å². The van der Waals surface area contributed by atoms with Crippen molar-refractivity contribution in [1.82, 2.24) is 10.6 Å². The first-order valence-corrected chi connectivity index (χ1v) is 8.83. The van der Waals surface area contributed by atoms with Gasteiger partial charge < -0.3 is 10.6 Å². The van der Waals surface area contributed by atoms with Gasteiger partial charge in [-0.2, -0.15) is 0 Å². The maximum absolute atomic E-state index is 12.0. The molecular formula is C18H17Cl3N2O2. The number of amides is 2. The SMILES string of the molecule is O=C(CCc1ccc(Cl)cc1)NCCNC(=O)c1ccc(Cl)cc1Cl. The molecule has 25 heavy (non-hydrogen) atoms. The minimum absolute atomic E-state index is 0.0753. The highest BCUT2D eigenvalue weighted by Gasteiger charge is 2.10. The molecule has 0 heterocycles. The molecule has 4 nitrogen and oxygen atoms in total. The Kier molecular flexibility index (Phi) is 7.56. The van der Waals surface area contributed by atoms with Crippen molar-refractivity contribution in [1.29, 1.82) is 0 Å². The minimum atomic E-state index is -0.308. The Hall–Kier alpha value is -1.75. The maximum Gasteiger partial charge on any atom is 0.252 e. The molecule has 0 fully saturated rings. The minimum Gasteiger partial charge on any atom is -0.354 e. The smallest absolute Gasteiger partial charge is 0.252 e. The van der Waals surface area contributed by atoms with Crippen LogP contribution in [-0.2, 0) is 11.2 Å². The van der Waals surface area contributed by atoms with Crippen LogP contribution in [-0.4, -0.2) is 24.9 Å². The lowest BCUT2D eigenvalue weighted by molar-refractivity contribution is -0.121. The predicted octanol–water partition coefficient (Wildman–Crippen LogP) is 4.13. The molecule has 0 saturated carbocycles. The topological polar surface area (TPSA) is 58.2 Å². The average Bonchev–Trinajstić information content (AvgIpc) is 2.58. The molecule has 0 aliphatic rings. The van der Waals surface area contributed by atoms with Gasteiger partial charge in [-0.15, -0.1) is 0 Å². The van der Waals surface area contributed by atoms with Crippen LogP contribution in [0.2, 0.25) is 15.1 Å². The second kappa shape index (κ2) is 9.66. The second-order valence-corrected chi connectivity index (χ2v) is 6.64. The zero-order valence-corrected chi connectivity index (χ0v) is 15.6. The third-order valence-electron chi connectivity index (χ3n) is 3.46. The molecular weight excluding hydrogens is 383 g/mol. The average molecular weight is 400 g/mol. The van der Waals surface area contributed by atoms with Crippen LogP contribution in [0.25, 0.3) is 0 Å². The number of nitrogens with one attached hydrogen (secondary N) is 2. The van der Waals surface area contributed by atoms with Gasteiger partial charge >= 0.3 is 0 Å². The highest BCUT2D eigenvalue weighted by Crippen LogP contribution is 2.20. The number of carbonyl (C=O) groups is 2. The Bertz CT molecular complexity index is 748.